The number of hydrazone groups is 1. The van der Waals surface area contributed by atoms with Crippen molar-refractivity contribution < 1.29 is 9.53 Å². The molecule has 0 aliphatic heterocycles. The maximum atomic E-state index is 11.8. The molecule has 0 heterocycles. The van der Waals surface area contributed by atoms with Gasteiger partial charge >= 0.3 is 0 Å². The summed E-state index contributed by atoms with van der Waals surface area (Å²) >= 11 is 0. The second-order valence-electron chi connectivity index (χ2n) is 4.16. The molecule has 0 unspecified atom stereocenters. The number of nitrogens with zero attached hydrogens (tertiary/aromatic N) is 2. The van der Waals surface area contributed by atoms with Crippen LogP contribution < -0.4 is 10.2 Å². The van der Waals surface area contributed by atoms with E-state index in [-0.39, 0.29) is 5.91 Å². The average Bonchev–Trinajstić information content (AvgIpc) is 2.55. The van der Waals surface area contributed by atoms with Gasteiger partial charge in [-0.25, -0.2) is 5.43 Å². The lowest BCUT2D eigenvalue weighted by molar-refractivity contribution is 0.0955. The van der Waals surface area contributed by atoms with Gasteiger partial charge in [-0.05, 0) is 42.0 Å². The van der Waals surface area contributed by atoms with E-state index in [9.17, 15) is 4.79 Å². The Balaban J connectivity index is 1.96. The van der Waals surface area contributed by atoms with E-state index in [0.717, 1.165) is 5.56 Å². The van der Waals surface area contributed by atoms with E-state index in [0.29, 0.717) is 16.9 Å². The van der Waals surface area contributed by atoms with E-state index in [1.807, 2.05) is 6.07 Å². The molecule has 0 saturated carbocycles. The van der Waals surface area contributed by atoms with Crippen LogP contribution in [-0.4, -0.2) is 19.2 Å². The molecule has 0 aliphatic rings. The predicted molar refractivity (Wildman–Crippen MR) is 79.2 cm³/mol. The molecule has 1 amide bonds. The van der Waals surface area contributed by atoms with Crippen molar-refractivity contribution in [2.24, 2.45) is 5.10 Å². The second-order valence-corrected chi connectivity index (χ2v) is 4.16. The van der Waals surface area contributed by atoms with Gasteiger partial charge in [-0.3, -0.25) is 4.79 Å². The van der Waals surface area contributed by atoms with Crippen LogP contribution in [0.25, 0.3) is 0 Å². The van der Waals surface area contributed by atoms with Crippen LogP contribution in [0.4, 0.5) is 0 Å². The fourth-order valence-corrected chi connectivity index (χ4v) is 1.62. The molecule has 0 bridgehead atoms. The van der Waals surface area contributed by atoms with Gasteiger partial charge in [0.25, 0.3) is 5.91 Å². The summed E-state index contributed by atoms with van der Waals surface area (Å²) < 4.78 is 5.02. The summed E-state index contributed by atoms with van der Waals surface area (Å²) in [5.74, 6) is 0.384. The molecule has 0 spiro atoms. The van der Waals surface area contributed by atoms with Crippen molar-refractivity contribution in [1.82, 2.24) is 5.43 Å². The van der Waals surface area contributed by atoms with E-state index in [4.69, 9.17) is 10.00 Å². The van der Waals surface area contributed by atoms with Crippen molar-refractivity contribution in [2.75, 3.05) is 7.11 Å². The van der Waals surface area contributed by atoms with Gasteiger partial charge in [0.15, 0.2) is 0 Å². The summed E-state index contributed by atoms with van der Waals surface area (Å²) in [5.41, 5.74) is 4.31. The summed E-state index contributed by atoms with van der Waals surface area (Å²) in [5, 5.41) is 12.6. The van der Waals surface area contributed by atoms with Gasteiger partial charge in [0.2, 0.25) is 0 Å². The molecular formula is C16H13N3O2. The molecule has 0 saturated heterocycles. The molecule has 0 fully saturated rings. The third-order valence-corrected chi connectivity index (χ3v) is 2.77. The first-order valence-corrected chi connectivity index (χ1v) is 6.20. The molecule has 2 aromatic carbocycles. The van der Waals surface area contributed by atoms with Gasteiger partial charge in [-0.1, -0.05) is 12.1 Å². The highest BCUT2D eigenvalue weighted by molar-refractivity contribution is 5.95. The standard InChI is InChI=1S/C16H13N3O2/c1-21-15-8-6-14(7-9-15)16(20)19-18-11-13-4-2-12(10-17)3-5-13/h2-9,11H,1H3,(H,19,20)/b18-11-. The number of hydrogen-bond donors (Lipinski definition) is 1. The highest BCUT2D eigenvalue weighted by Gasteiger charge is 2.03. The van der Waals surface area contributed by atoms with E-state index in [1.54, 1.807) is 55.6 Å². The zero-order valence-corrected chi connectivity index (χ0v) is 11.4. The Labute approximate surface area is 122 Å². The number of carbonyl (C=O) groups excluding carboxylic acids is 1. The van der Waals surface area contributed by atoms with Crippen molar-refractivity contribution in [1.29, 1.82) is 5.26 Å². The van der Waals surface area contributed by atoms with Crippen LogP contribution >= 0.6 is 0 Å². The number of hydrogen-bond acceptors (Lipinski definition) is 4. The van der Waals surface area contributed by atoms with Crippen LogP contribution in [0.1, 0.15) is 21.5 Å². The summed E-state index contributed by atoms with van der Waals surface area (Å²) in [4.78, 5) is 11.8. The minimum atomic E-state index is -0.303. The molecular weight excluding hydrogens is 266 g/mol. The van der Waals surface area contributed by atoms with Gasteiger partial charge in [-0.2, -0.15) is 10.4 Å². The molecule has 0 atom stereocenters. The quantitative estimate of drug-likeness (QED) is 0.689. The van der Waals surface area contributed by atoms with Gasteiger partial charge in [-0.15, -0.1) is 0 Å². The van der Waals surface area contributed by atoms with Crippen LogP contribution in [0.3, 0.4) is 0 Å². The number of amides is 1. The zero-order valence-electron chi connectivity index (χ0n) is 11.4. The molecule has 2 rings (SSSR count). The lowest BCUT2D eigenvalue weighted by Crippen LogP contribution is -2.17. The first-order valence-electron chi connectivity index (χ1n) is 6.20. The molecule has 5 nitrogen and oxygen atoms in total. The highest BCUT2D eigenvalue weighted by atomic mass is 16.5. The third-order valence-electron chi connectivity index (χ3n) is 2.77. The summed E-state index contributed by atoms with van der Waals surface area (Å²) in [6.45, 7) is 0. The molecule has 0 aliphatic carbocycles. The minimum Gasteiger partial charge on any atom is -0.497 e. The Bertz CT molecular complexity index is 683. The Hall–Kier alpha value is -3.13. The second kappa shape index (κ2) is 6.87. The maximum Gasteiger partial charge on any atom is 0.271 e. The van der Waals surface area contributed by atoms with Crippen molar-refractivity contribution in [3.63, 3.8) is 0 Å². The predicted octanol–water partition coefficient (Wildman–Crippen LogP) is 2.33. The lowest BCUT2D eigenvalue weighted by Gasteiger charge is -2.02. The normalized spacial score (nSPS) is 10.1. The Morgan fingerprint density at radius 3 is 2.43 bits per heavy atom. The number of ether oxygens (including phenoxy) is 1. The summed E-state index contributed by atoms with van der Waals surface area (Å²) in [6, 6.07) is 15.6. The average molecular weight is 279 g/mol. The highest BCUT2D eigenvalue weighted by Crippen LogP contribution is 2.11. The smallest absolute Gasteiger partial charge is 0.271 e. The monoisotopic (exact) mass is 279 g/mol. The minimum absolute atomic E-state index is 0.303. The van der Waals surface area contributed by atoms with Crippen molar-refractivity contribution in [3.8, 4) is 11.8 Å². The number of nitriles is 1. The zero-order chi connectivity index (χ0) is 15.1. The van der Waals surface area contributed by atoms with Crippen LogP contribution in [0.15, 0.2) is 53.6 Å². The molecule has 104 valence electrons. The number of benzene rings is 2. The fraction of sp³-hybridized carbons (Fsp3) is 0.0625. The lowest BCUT2D eigenvalue weighted by atomic mass is 10.2. The SMILES string of the molecule is COc1ccc(C(=O)N/N=C\c2ccc(C#N)cc2)cc1. The number of nitrogens with one attached hydrogen (secondary N) is 1. The van der Waals surface area contributed by atoms with E-state index in [2.05, 4.69) is 10.5 Å². The van der Waals surface area contributed by atoms with E-state index >= 15 is 0 Å². The molecule has 21 heavy (non-hydrogen) atoms. The van der Waals surface area contributed by atoms with Crippen LogP contribution in [0, 0.1) is 11.3 Å². The van der Waals surface area contributed by atoms with Gasteiger partial charge in [0.05, 0.1) is 25.0 Å². The molecule has 5 heteroatoms. The summed E-state index contributed by atoms with van der Waals surface area (Å²) in [7, 11) is 1.57. The number of rotatable bonds is 4. The Kier molecular flexibility index (Phi) is 4.67. The van der Waals surface area contributed by atoms with Gasteiger partial charge < -0.3 is 4.74 Å². The summed E-state index contributed by atoms with van der Waals surface area (Å²) in [6.07, 6.45) is 1.52. The van der Waals surface area contributed by atoms with Crippen molar-refractivity contribution in [3.05, 3.63) is 65.2 Å². The van der Waals surface area contributed by atoms with Crippen LogP contribution in [0.2, 0.25) is 0 Å². The molecule has 0 aromatic heterocycles. The maximum absolute atomic E-state index is 11.8. The Morgan fingerprint density at radius 1 is 1.19 bits per heavy atom. The topological polar surface area (TPSA) is 74.5 Å². The first kappa shape index (κ1) is 14.3. The molecule has 0 radical (unpaired) electrons. The molecule has 1 N–H and O–H groups in total. The van der Waals surface area contributed by atoms with Crippen molar-refractivity contribution in [2.45, 2.75) is 0 Å². The number of methoxy groups -OCH3 is 1. The Morgan fingerprint density at radius 2 is 1.86 bits per heavy atom. The van der Waals surface area contributed by atoms with Crippen LogP contribution in [0.5, 0.6) is 5.75 Å². The van der Waals surface area contributed by atoms with E-state index < -0.39 is 0 Å². The first-order chi connectivity index (χ1) is 10.2. The molecule has 2 aromatic rings. The number of carbonyl (C=O) groups is 1. The van der Waals surface area contributed by atoms with E-state index in [1.165, 1.54) is 6.21 Å². The largest absolute Gasteiger partial charge is 0.497 e. The third kappa shape index (κ3) is 3.91. The van der Waals surface area contributed by atoms with Crippen molar-refractivity contribution >= 4 is 12.1 Å². The van der Waals surface area contributed by atoms with Gasteiger partial charge in [0.1, 0.15) is 5.75 Å². The fourth-order valence-electron chi connectivity index (χ4n) is 1.62. The van der Waals surface area contributed by atoms with Gasteiger partial charge in [0, 0.05) is 5.56 Å². The van der Waals surface area contributed by atoms with Crippen LogP contribution in [-0.2, 0) is 0 Å².